The van der Waals surface area contributed by atoms with Crippen molar-refractivity contribution in [2.45, 2.75) is 50.8 Å². The number of rotatable bonds is 10. The van der Waals surface area contributed by atoms with Gasteiger partial charge >= 0.3 is 13.7 Å². The number of nitrogens with zero attached hydrogens (tertiary/aromatic N) is 4. The summed E-state index contributed by atoms with van der Waals surface area (Å²) in [5, 5.41) is 18.9. The summed E-state index contributed by atoms with van der Waals surface area (Å²) in [6, 6.07) is 10.5. The molecule has 8 nitrogen and oxygen atoms in total. The SMILES string of the molecule is C=C(CCc1nc2ccc(-c3cnc(C4(N)CCC4)nc3)cc2n1Cc1cc(OC(F)F)ccc1Br)B(O)O. The Bertz CT molecular complexity index is 1510. The van der Waals surface area contributed by atoms with Gasteiger partial charge in [0.25, 0.3) is 0 Å². The van der Waals surface area contributed by atoms with E-state index in [1.54, 1.807) is 24.5 Å². The lowest BCUT2D eigenvalue weighted by atomic mass is 9.77. The lowest BCUT2D eigenvalue weighted by molar-refractivity contribution is -0.0498. The van der Waals surface area contributed by atoms with Crippen LogP contribution in [-0.2, 0) is 18.5 Å². The van der Waals surface area contributed by atoms with Crippen LogP contribution in [0.3, 0.4) is 0 Å². The highest BCUT2D eigenvalue weighted by Gasteiger charge is 2.37. The summed E-state index contributed by atoms with van der Waals surface area (Å²) in [5.74, 6) is 1.37. The van der Waals surface area contributed by atoms with Gasteiger partial charge in [-0.25, -0.2) is 15.0 Å². The van der Waals surface area contributed by atoms with Gasteiger partial charge in [0.1, 0.15) is 17.4 Å². The van der Waals surface area contributed by atoms with Gasteiger partial charge in [-0.05, 0) is 72.6 Å². The first-order valence-electron chi connectivity index (χ1n) is 12.5. The first kappa shape index (κ1) is 27.4. The number of ether oxygens (including phenoxy) is 1. The van der Waals surface area contributed by atoms with Gasteiger partial charge in [0.05, 0.1) is 23.1 Å². The third-order valence-electron chi connectivity index (χ3n) is 7.11. The number of allylic oxidation sites excluding steroid dienone is 1. The molecule has 2 aromatic carbocycles. The molecule has 1 fully saturated rings. The van der Waals surface area contributed by atoms with Crippen LogP contribution in [0.15, 0.2) is 65.3 Å². The van der Waals surface area contributed by atoms with Crippen LogP contribution in [0, 0.1) is 0 Å². The lowest BCUT2D eigenvalue weighted by Gasteiger charge is -2.36. The lowest BCUT2D eigenvalue weighted by Crippen LogP contribution is -2.44. The molecule has 1 saturated carbocycles. The number of benzene rings is 2. The van der Waals surface area contributed by atoms with E-state index < -0.39 is 19.3 Å². The zero-order valence-corrected chi connectivity index (χ0v) is 22.6. The number of hydrogen-bond acceptors (Lipinski definition) is 7. The molecule has 0 bridgehead atoms. The average Bonchev–Trinajstić information content (AvgIpc) is 3.23. The first-order valence-corrected chi connectivity index (χ1v) is 13.3. The summed E-state index contributed by atoms with van der Waals surface area (Å²) >= 11 is 3.51. The molecule has 4 aromatic rings. The molecule has 0 radical (unpaired) electrons. The van der Waals surface area contributed by atoms with Crippen LogP contribution in [0.4, 0.5) is 8.78 Å². The number of hydrogen-bond donors (Lipinski definition) is 3. The second-order valence-electron chi connectivity index (χ2n) is 9.79. The van der Waals surface area contributed by atoms with Crippen molar-refractivity contribution in [3.05, 3.63) is 82.5 Å². The minimum Gasteiger partial charge on any atom is -0.435 e. The van der Waals surface area contributed by atoms with E-state index in [9.17, 15) is 18.8 Å². The topological polar surface area (TPSA) is 119 Å². The van der Waals surface area contributed by atoms with E-state index in [2.05, 4.69) is 37.2 Å². The second kappa shape index (κ2) is 11.1. The predicted octanol–water partition coefficient (Wildman–Crippen LogP) is 4.74. The molecule has 12 heteroatoms. The molecule has 1 aliphatic rings. The molecule has 202 valence electrons. The fourth-order valence-electron chi connectivity index (χ4n) is 4.66. The number of imidazole rings is 1. The quantitative estimate of drug-likeness (QED) is 0.226. The Morgan fingerprint density at radius 2 is 1.90 bits per heavy atom. The molecule has 1 aliphatic carbocycles. The number of alkyl halides is 2. The number of aromatic nitrogens is 4. The van der Waals surface area contributed by atoms with E-state index >= 15 is 0 Å². The molecule has 5 rings (SSSR count). The molecular formula is C27H27BBrF2N5O3. The third-order valence-corrected chi connectivity index (χ3v) is 7.88. The Morgan fingerprint density at radius 1 is 1.15 bits per heavy atom. The van der Waals surface area contributed by atoms with Gasteiger partial charge < -0.3 is 25.1 Å². The second-order valence-corrected chi connectivity index (χ2v) is 10.6. The van der Waals surface area contributed by atoms with Crippen molar-refractivity contribution >= 4 is 34.1 Å². The molecule has 0 amide bonds. The Hall–Kier alpha value is -3.19. The Kier molecular flexibility index (Phi) is 7.81. The zero-order chi connectivity index (χ0) is 27.7. The number of aryl methyl sites for hydroxylation is 1. The monoisotopic (exact) mass is 597 g/mol. The van der Waals surface area contributed by atoms with Crippen molar-refractivity contribution in [2.24, 2.45) is 5.73 Å². The van der Waals surface area contributed by atoms with Crippen LogP contribution in [0.1, 0.15) is 42.9 Å². The number of halogens is 3. The molecule has 0 aliphatic heterocycles. The molecule has 0 unspecified atom stereocenters. The van der Waals surface area contributed by atoms with Gasteiger partial charge in [0, 0.05) is 28.9 Å². The van der Waals surface area contributed by atoms with E-state index in [1.807, 2.05) is 22.8 Å². The van der Waals surface area contributed by atoms with Crippen molar-refractivity contribution in [1.29, 1.82) is 0 Å². The third kappa shape index (κ3) is 5.88. The van der Waals surface area contributed by atoms with E-state index in [0.29, 0.717) is 36.6 Å². The van der Waals surface area contributed by atoms with Crippen molar-refractivity contribution in [3.8, 4) is 16.9 Å². The maximum atomic E-state index is 12.8. The van der Waals surface area contributed by atoms with Crippen LogP contribution in [-0.4, -0.2) is 43.3 Å². The molecule has 0 saturated heterocycles. The van der Waals surface area contributed by atoms with Crippen molar-refractivity contribution in [1.82, 2.24) is 19.5 Å². The van der Waals surface area contributed by atoms with Crippen LogP contribution in [0.25, 0.3) is 22.2 Å². The van der Waals surface area contributed by atoms with Crippen LogP contribution < -0.4 is 10.5 Å². The average molecular weight is 598 g/mol. The van der Waals surface area contributed by atoms with E-state index in [-0.39, 0.29) is 11.2 Å². The Balaban J connectivity index is 1.53. The molecular weight excluding hydrogens is 571 g/mol. The maximum absolute atomic E-state index is 12.8. The summed E-state index contributed by atoms with van der Waals surface area (Å²) in [7, 11) is -1.62. The Morgan fingerprint density at radius 3 is 2.54 bits per heavy atom. The summed E-state index contributed by atoms with van der Waals surface area (Å²) in [5.41, 5.74) is 10.1. The largest absolute Gasteiger partial charge is 0.483 e. The highest BCUT2D eigenvalue weighted by atomic mass is 79.9. The summed E-state index contributed by atoms with van der Waals surface area (Å²) in [6.45, 7) is 1.09. The smallest absolute Gasteiger partial charge is 0.435 e. The minimum absolute atomic E-state index is 0.0491. The molecule has 2 heterocycles. The molecule has 39 heavy (non-hydrogen) atoms. The summed E-state index contributed by atoms with van der Waals surface area (Å²) in [6.07, 6.45) is 7.06. The standard InChI is InChI=1S/C27H27BBrF2N5O3/c1-16(28(37)38)3-8-24-35-22-7-4-17(19-13-33-25(34-14-19)27(32)9-2-10-27)12-23(22)36(24)15-18-11-20(39-26(30)31)5-6-21(18)29/h4-7,11-14,26,37-38H,1-3,8-10,15,32H2. The maximum Gasteiger partial charge on any atom is 0.483 e. The summed E-state index contributed by atoms with van der Waals surface area (Å²) in [4.78, 5) is 13.9. The van der Waals surface area contributed by atoms with Gasteiger partial charge in [0.15, 0.2) is 0 Å². The van der Waals surface area contributed by atoms with Crippen molar-refractivity contribution in [2.75, 3.05) is 0 Å². The van der Waals surface area contributed by atoms with E-state index in [1.165, 1.54) is 6.07 Å². The molecule has 0 spiro atoms. The first-order chi connectivity index (χ1) is 18.6. The van der Waals surface area contributed by atoms with Gasteiger partial charge in [-0.3, -0.25) is 0 Å². The molecule has 2 aromatic heterocycles. The highest BCUT2D eigenvalue weighted by molar-refractivity contribution is 9.10. The summed E-state index contributed by atoms with van der Waals surface area (Å²) < 4.78 is 33.0. The van der Waals surface area contributed by atoms with Gasteiger partial charge in [-0.15, -0.1) is 6.58 Å². The van der Waals surface area contributed by atoms with Crippen LogP contribution in [0.5, 0.6) is 5.75 Å². The number of nitrogens with two attached hydrogens (primary N) is 1. The van der Waals surface area contributed by atoms with Gasteiger partial charge in [-0.2, -0.15) is 8.78 Å². The molecule has 0 atom stereocenters. The van der Waals surface area contributed by atoms with Gasteiger partial charge in [0.2, 0.25) is 0 Å². The molecule has 4 N–H and O–H groups in total. The number of fused-ring (bicyclic) bond motifs is 1. The van der Waals surface area contributed by atoms with E-state index in [4.69, 9.17) is 10.7 Å². The fraction of sp³-hybridized carbons (Fsp3) is 0.296. The van der Waals surface area contributed by atoms with Gasteiger partial charge in [-0.1, -0.05) is 22.0 Å². The highest BCUT2D eigenvalue weighted by Crippen LogP contribution is 2.37. The van der Waals surface area contributed by atoms with Crippen LogP contribution >= 0.6 is 15.9 Å². The van der Waals surface area contributed by atoms with Crippen molar-refractivity contribution < 1.29 is 23.6 Å². The Labute approximate surface area is 232 Å². The fourth-order valence-corrected chi connectivity index (χ4v) is 5.03. The normalized spacial score (nSPS) is 14.4. The van der Waals surface area contributed by atoms with Crippen molar-refractivity contribution in [3.63, 3.8) is 0 Å². The minimum atomic E-state index is -2.94. The zero-order valence-electron chi connectivity index (χ0n) is 21.0. The van der Waals surface area contributed by atoms with E-state index in [0.717, 1.165) is 45.9 Å². The predicted molar refractivity (Wildman–Crippen MR) is 148 cm³/mol. The van der Waals surface area contributed by atoms with Crippen LogP contribution in [0.2, 0.25) is 0 Å².